The number of nitrogens with one attached hydrogen (secondary N) is 2. The quantitative estimate of drug-likeness (QED) is 0.727. The monoisotopic (exact) mass is 242 g/mol. The second-order valence-electron chi connectivity index (χ2n) is 6.26. The molecule has 1 aliphatic rings. The number of carbonyl (C=O) groups excluding carboxylic acids is 1. The minimum Gasteiger partial charge on any atom is -0.444 e. The van der Waals surface area contributed by atoms with Crippen molar-refractivity contribution in [1.82, 2.24) is 10.6 Å². The molecule has 1 saturated carbocycles. The first-order valence-electron chi connectivity index (χ1n) is 6.43. The minimum atomic E-state index is -0.424. The van der Waals surface area contributed by atoms with Gasteiger partial charge in [-0.3, -0.25) is 0 Å². The molecule has 2 N–H and O–H groups in total. The molecule has 0 saturated heterocycles. The van der Waals surface area contributed by atoms with Crippen molar-refractivity contribution in [2.45, 2.75) is 59.1 Å². The standard InChI is InChI=1S/C13H26N2O2/c1-10(13(5)6-7-13)14-8-9-15-11(16)17-12(2,3)4/h10,14H,6-9H2,1-5H3,(H,15,16). The largest absolute Gasteiger partial charge is 0.444 e. The molecule has 1 fully saturated rings. The highest BCUT2D eigenvalue weighted by atomic mass is 16.6. The Morgan fingerprint density at radius 2 is 1.94 bits per heavy atom. The molecule has 0 bridgehead atoms. The van der Waals surface area contributed by atoms with Gasteiger partial charge in [-0.2, -0.15) is 0 Å². The highest BCUT2D eigenvalue weighted by molar-refractivity contribution is 5.67. The van der Waals surface area contributed by atoms with Crippen molar-refractivity contribution in [2.24, 2.45) is 5.41 Å². The van der Waals surface area contributed by atoms with E-state index in [1.165, 1.54) is 12.8 Å². The predicted molar refractivity (Wildman–Crippen MR) is 69.0 cm³/mol. The van der Waals surface area contributed by atoms with Crippen LogP contribution >= 0.6 is 0 Å². The van der Waals surface area contributed by atoms with Crippen LogP contribution < -0.4 is 10.6 Å². The maximum absolute atomic E-state index is 11.4. The average molecular weight is 242 g/mol. The van der Waals surface area contributed by atoms with Crippen LogP contribution in [0.2, 0.25) is 0 Å². The van der Waals surface area contributed by atoms with Gasteiger partial charge < -0.3 is 15.4 Å². The van der Waals surface area contributed by atoms with E-state index in [-0.39, 0.29) is 6.09 Å². The van der Waals surface area contributed by atoms with Gasteiger partial charge in [-0.1, -0.05) is 6.92 Å². The van der Waals surface area contributed by atoms with Crippen LogP contribution in [0.5, 0.6) is 0 Å². The summed E-state index contributed by atoms with van der Waals surface area (Å²) in [5.41, 5.74) is 0.0538. The van der Waals surface area contributed by atoms with Crippen molar-refractivity contribution in [2.75, 3.05) is 13.1 Å². The molecular weight excluding hydrogens is 216 g/mol. The Kier molecular flexibility index (Phi) is 4.42. The number of hydrogen-bond donors (Lipinski definition) is 2. The van der Waals surface area contributed by atoms with Gasteiger partial charge in [0.1, 0.15) is 5.60 Å². The summed E-state index contributed by atoms with van der Waals surface area (Å²) in [7, 11) is 0. The molecule has 0 aromatic heterocycles. The molecule has 0 spiro atoms. The first-order chi connectivity index (χ1) is 7.73. The van der Waals surface area contributed by atoms with Gasteiger partial charge in [0.15, 0.2) is 0 Å². The number of alkyl carbamates (subject to hydrolysis) is 1. The number of ether oxygens (including phenoxy) is 1. The lowest BCUT2D eigenvalue weighted by molar-refractivity contribution is 0.0527. The number of hydrogen-bond acceptors (Lipinski definition) is 3. The zero-order valence-corrected chi connectivity index (χ0v) is 11.7. The van der Waals surface area contributed by atoms with Crippen LogP contribution in [0.3, 0.4) is 0 Å². The van der Waals surface area contributed by atoms with Gasteiger partial charge in [-0.15, -0.1) is 0 Å². The predicted octanol–water partition coefficient (Wildman–Crippen LogP) is 2.29. The van der Waals surface area contributed by atoms with E-state index in [0.717, 1.165) is 6.54 Å². The third-order valence-corrected chi connectivity index (χ3v) is 3.33. The van der Waals surface area contributed by atoms with E-state index in [1.54, 1.807) is 0 Å². The van der Waals surface area contributed by atoms with Crippen LogP contribution in [0, 0.1) is 5.41 Å². The fourth-order valence-electron chi connectivity index (χ4n) is 1.64. The zero-order valence-electron chi connectivity index (χ0n) is 11.7. The molecule has 1 atom stereocenters. The summed E-state index contributed by atoms with van der Waals surface area (Å²) in [5.74, 6) is 0. The van der Waals surface area contributed by atoms with Gasteiger partial charge >= 0.3 is 6.09 Å². The Bertz CT molecular complexity index is 267. The molecule has 1 aliphatic carbocycles. The summed E-state index contributed by atoms with van der Waals surface area (Å²) in [5, 5.41) is 6.18. The summed E-state index contributed by atoms with van der Waals surface area (Å²) in [6.45, 7) is 11.5. The minimum absolute atomic E-state index is 0.343. The first kappa shape index (κ1) is 14.3. The lowest BCUT2D eigenvalue weighted by Crippen LogP contribution is -2.40. The third-order valence-electron chi connectivity index (χ3n) is 3.33. The zero-order chi connectivity index (χ0) is 13.1. The first-order valence-corrected chi connectivity index (χ1v) is 6.43. The van der Waals surface area contributed by atoms with E-state index >= 15 is 0 Å². The van der Waals surface area contributed by atoms with Crippen molar-refractivity contribution >= 4 is 6.09 Å². The molecule has 4 nitrogen and oxygen atoms in total. The number of amides is 1. The van der Waals surface area contributed by atoms with Gasteiger partial charge in [0.05, 0.1) is 0 Å². The van der Waals surface area contributed by atoms with Gasteiger partial charge in [-0.25, -0.2) is 4.79 Å². The Morgan fingerprint density at radius 3 is 2.41 bits per heavy atom. The Morgan fingerprint density at radius 1 is 1.35 bits per heavy atom. The number of rotatable bonds is 5. The fraction of sp³-hybridized carbons (Fsp3) is 0.923. The van der Waals surface area contributed by atoms with Crippen LogP contribution in [-0.2, 0) is 4.74 Å². The molecule has 1 amide bonds. The molecule has 4 heteroatoms. The SMILES string of the molecule is CC(NCCNC(=O)OC(C)(C)C)C1(C)CC1. The summed E-state index contributed by atoms with van der Waals surface area (Å²) < 4.78 is 5.15. The van der Waals surface area contributed by atoms with Gasteiger partial charge in [0.2, 0.25) is 0 Å². The lowest BCUT2D eigenvalue weighted by atomic mass is 10.0. The molecular formula is C13H26N2O2. The molecule has 0 aliphatic heterocycles. The normalized spacial score (nSPS) is 19.6. The summed E-state index contributed by atoms with van der Waals surface area (Å²) in [4.78, 5) is 11.4. The van der Waals surface area contributed by atoms with Crippen molar-refractivity contribution in [3.05, 3.63) is 0 Å². The average Bonchev–Trinajstić information content (AvgIpc) is 2.89. The second kappa shape index (κ2) is 5.25. The molecule has 1 rings (SSSR count). The molecule has 0 heterocycles. The molecule has 0 aromatic rings. The highest BCUT2D eigenvalue weighted by Gasteiger charge is 2.41. The van der Waals surface area contributed by atoms with E-state index in [0.29, 0.717) is 18.0 Å². The van der Waals surface area contributed by atoms with E-state index < -0.39 is 5.60 Å². The fourth-order valence-corrected chi connectivity index (χ4v) is 1.64. The van der Waals surface area contributed by atoms with Crippen molar-refractivity contribution in [3.63, 3.8) is 0 Å². The van der Waals surface area contributed by atoms with E-state index in [1.807, 2.05) is 20.8 Å². The van der Waals surface area contributed by atoms with Crippen LogP contribution in [0.1, 0.15) is 47.5 Å². The smallest absolute Gasteiger partial charge is 0.407 e. The Balaban J connectivity index is 2.06. The topological polar surface area (TPSA) is 50.4 Å². The third kappa shape index (κ3) is 5.39. The Hall–Kier alpha value is -0.770. The number of carbonyl (C=O) groups is 1. The molecule has 1 unspecified atom stereocenters. The second-order valence-corrected chi connectivity index (χ2v) is 6.26. The summed E-state index contributed by atoms with van der Waals surface area (Å²) >= 11 is 0. The van der Waals surface area contributed by atoms with E-state index in [2.05, 4.69) is 24.5 Å². The van der Waals surface area contributed by atoms with Crippen molar-refractivity contribution in [3.8, 4) is 0 Å². The maximum atomic E-state index is 11.4. The van der Waals surface area contributed by atoms with Gasteiger partial charge in [0.25, 0.3) is 0 Å². The van der Waals surface area contributed by atoms with Crippen LogP contribution in [0.4, 0.5) is 4.79 Å². The summed E-state index contributed by atoms with van der Waals surface area (Å²) in [6, 6.07) is 0.517. The van der Waals surface area contributed by atoms with Crippen molar-refractivity contribution in [1.29, 1.82) is 0 Å². The van der Waals surface area contributed by atoms with E-state index in [4.69, 9.17) is 4.74 Å². The summed E-state index contributed by atoms with van der Waals surface area (Å²) in [6.07, 6.45) is 2.27. The molecule has 17 heavy (non-hydrogen) atoms. The van der Waals surface area contributed by atoms with E-state index in [9.17, 15) is 4.79 Å². The molecule has 0 radical (unpaired) electrons. The lowest BCUT2D eigenvalue weighted by Gasteiger charge is -2.22. The van der Waals surface area contributed by atoms with Gasteiger partial charge in [0, 0.05) is 19.1 Å². The van der Waals surface area contributed by atoms with Gasteiger partial charge in [-0.05, 0) is 46.0 Å². The van der Waals surface area contributed by atoms with Crippen molar-refractivity contribution < 1.29 is 9.53 Å². The highest BCUT2D eigenvalue weighted by Crippen LogP contribution is 2.47. The molecule has 0 aromatic carbocycles. The maximum Gasteiger partial charge on any atom is 0.407 e. The Labute approximate surface area is 104 Å². The van der Waals surface area contributed by atoms with Crippen LogP contribution in [-0.4, -0.2) is 30.8 Å². The van der Waals surface area contributed by atoms with Crippen LogP contribution in [0.15, 0.2) is 0 Å². The molecule has 100 valence electrons. The van der Waals surface area contributed by atoms with Crippen LogP contribution in [0.25, 0.3) is 0 Å².